The van der Waals surface area contributed by atoms with E-state index in [0.29, 0.717) is 63.9 Å². The Morgan fingerprint density at radius 1 is 0.857 bits per heavy atom. The van der Waals surface area contributed by atoms with Gasteiger partial charge in [0.05, 0.1) is 25.7 Å². The SMILES string of the molecule is Cc1ccc(S(=O)(=O)N2CCN(Cc3ccc(C(=O)Nc4cc(Cl)c(Cl)cc4Cl)cc3)CC2)cc1. The first-order valence-corrected chi connectivity index (χ1v) is 13.5. The van der Waals surface area contributed by atoms with Crippen LogP contribution in [-0.2, 0) is 16.6 Å². The molecule has 0 aromatic heterocycles. The molecule has 4 rings (SSSR count). The molecule has 1 saturated heterocycles. The van der Waals surface area contributed by atoms with Crippen LogP contribution in [0.25, 0.3) is 0 Å². The van der Waals surface area contributed by atoms with Gasteiger partial charge in [-0.2, -0.15) is 4.31 Å². The van der Waals surface area contributed by atoms with Crippen LogP contribution in [0.3, 0.4) is 0 Å². The molecule has 1 amide bonds. The molecule has 0 bridgehead atoms. The summed E-state index contributed by atoms with van der Waals surface area (Å²) in [6.07, 6.45) is 0. The number of hydrogen-bond donors (Lipinski definition) is 1. The zero-order valence-corrected chi connectivity index (χ0v) is 22.1. The van der Waals surface area contributed by atoms with Crippen molar-refractivity contribution in [2.75, 3.05) is 31.5 Å². The van der Waals surface area contributed by atoms with Crippen LogP contribution in [0.5, 0.6) is 0 Å². The van der Waals surface area contributed by atoms with Gasteiger partial charge < -0.3 is 5.32 Å². The molecule has 10 heteroatoms. The van der Waals surface area contributed by atoms with E-state index >= 15 is 0 Å². The first-order chi connectivity index (χ1) is 16.6. The van der Waals surface area contributed by atoms with Crippen LogP contribution in [-0.4, -0.2) is 49.7 Å². The van der Waals surface area contributed by atoms with Gasteiger partial charge in [0.2, 0.25) is 10.0 Å². The fourth-order valence-corrected chi connectivity index (χ4v) is 5.84. The summed E-state index contributed by atoms with van der Waals surface area (Å²) in [5, 5.41) is 3.66. The number of hydrogen-bond acceptors (Lipinski definition) is 4. The maximum absolute atomic E-state index is 12.9. The molecule has 0 atom stereocenters. The van der Waals surface area contributed by atoms with E-state index in [0.717, 1.165) is 11.1 Å². The maximum atomic E-state index is 12.9. The molecule has 184 valence electrons. The second kappa shape index (κ2) is 10.9. The van der Waals surface area contributed by atoms with Crippen LogP contribution in [0.4, 0.5) is 5.69 Å². The fourth-order valence-electron chi connectivity index (χ4n) is 3.82. The summed E-state index contributed by atoms with van der Waals surface area (Å²) in [6, 6.07) is 17.2. The predicted octanol–water partition coefficient (Wildman–Crippen LogP) is 5.71. The van der Waals surface area contributed by atoms with Gasteiger partial charge in [0.15, 0.2) is 0 Å². The van der Waals surface area contributed by atoms with E-state index in [9.17, 15) is 13.2 Å². The largest absolute Gasteiger partial charge is 0.321 e. The van der Waals surface area contributed by atoms with Gasteiger partial charge in [-0.05, 0) is 48.9 Å². The lowest BCUT2D eigenvalue weighted by molar-refractivity contribution is 0.102. The zero-order chi connectivity index (χ0) is 25.2. The van der Waals surface area contributed by atoms with Crippen molar-refractivity contribution in [2.24, 2.45) is 0 Å². The third kappa shape index (κ3) is 6.17. The molecule has 1 heterocycles. The molecule has 1 fully saturated rings. The number of aryl methyl sites for hydroxylation is 1. The summed E-state index contributed by atoms with van der Waals surface area (Å²) >= 11 is 18.1. The Morgan fingerprint density at radius 2 is 1.46 bits per heavy atom. The van der Waals surface area contributed by atoms with Gasteiger partial charge in [0.25, 0.3) is 5.91 Å². The molecule has 0 radical (unpaired) electrons. The topological polar surface area (TPSA) is 69.7 Å². The second-order valence-electron chi connectivity index (χ2n) is 8.39. The predicted molar refractivity (Wildman–Crippen MR) is 141 cm³/mol. The lowest BCUT2D eigenvalue weighted by atomic mass is 10.1. The molecule has 1 N–H and O–H groups in total. The van der Waals surface area contributed by atoms with Crippen molar-refractivity contribution in [3.05, 3.63) is 92.4 Å². The highest BCUT2D eigenvalue weighted by Crippen LogP contribution is 2.32. The van der Waals surface area contributed by atoms with E-state index in [2.05, 4.69) is 10.2 Å². The number of nitrogens with zero attached hydrogens (tertiary/aromatic N) is 2. The van der Waals surface area contributed by atoms with Crippen LogP contribution >= 0.6 is 34.8 Å². The standard InChI is InChI=1S/C25H24Cl3N3O3S/c1-17-2-8-20(9-3-17)35(33,34)31-12-10-30(11-13-31)16-18-4-6-19(7-5-18)25(32)29-24-15-22(27)21(26)14-23(24)28/h2-9,14-15H,10-13,16H2,1H3,(H,29,32). The molecule has 6 nitrogen and oxygen atoms in total. The van der Waals surface area contributed by atoms with Gasteiger partial charge in [0.1, 0.15) is 0 Å². The molecule has 0 spiro atoms. The molecular formula is C25H24Cl3N3O3S. The number of benzene rings is 3. The molecule has 3 aromatic rings. The number of anilines is 1. The summed E-state index contributed by atoms with van der Waals surface area (Å²) in [5.74, 6) is -0.313. The molecular weight excluding hydrogens is 529 g/mol. The van der Waals surface area contributed by atoms with Crippen LogP contribution in [0.1, 0.15) is 21.5 Å². The van der Waals surface area contributed by atoms with Crippen molar-refractivity contribution in [1.29, 1.82) is 0 Å². The van der Waals surface area contributed by atoms with Crippen molar-refractivity contribution >= 4 is 56.4 Å². The Labute approximate surface area is 220 Å². The number of nitrogens with one attached hydrogen (secondary N) is 1. The average molecular weight is 553 g/mol. The highest BCUT2D eigenvalue weighted by molar-refractivity contribution is 7.89. The quantitative estimate of drug-likeness (QED) is 0.398. The summed E-state index contributed by atoms with van der Waals surface area (Å²) in [5.41, 5.74) is 2.91. The Hall–Kier alpha value is -2.13. The molecule has 0 unspecified atom stereocenters. The minimum Gasteiger partial charge on any atom is -0.321 e. The lowest BCUT2D eigenvalue weighted by Gasteiger charge is -2.34. The van der Waals surface area contributed by atoms with E-state index in [1.807, 2.05) is 31.2 Å². The van der Waals surface area contributed by atoms with E-state index in [1.165, 1.54) is 16.4 Å². The van der Waals surface area contributed by atoms with E-state index in [1.54, 1.807) is 24.3 Å². The maximum Gasteiger partial charge on any atom is 0.255 e. The Kier molecular flexibility index (Phi) is 8.06. The number of carbonyl (C=O) groups excluding carboxylic acids is 1. The van der Waals surface area contributed by atoms with Gasteiger partial charge in [-0.1, -0.05) is 64.6 Å². The van der Waals surface area contributed by atoms with Crippen molar-refractivity contribution in [1.82, 2.24) is 9.21 Å². The highest BCUT2D eigenvalue weighted by Gasteiger charge is 2.28. The minimum atomic E-state index is -3.49. The molecule has 3 aromatic carbocycles. The van der Waals surface area contributed by atoms with E-state index in [-0.39, 0.29) is 5.91 Å². The zero-order valence-electron chi connectivity index (χ0n) is 19.0. The minimum absolute atomic E-state index is 0.299. The molecule has 0 saturated carbocycles. The van der Waals surface area contributed by atoms with Crippen molar-refractivity contribution in [2.45, 2.75) is 18.4 Å². The normalized spacial score (nSPS) is 15.2. The monoisotopic (exact) mass is 551 g/mol. The second-order valence-corrected chi connectivity index (χ2v) is 11.6. The van der Waals surface area contributed by atoms with Gasteiger partial charge in [-0.25, -0.2) is 8.42 Å². The van der Waals surface area contributed by atoms with E-state index < -0.39 is 10.0 Å². The first kappa shape index (κ1) is 25.9. The molecule has 1 aliphatic heterocycles. The Morgan fingerprint density at radius 3 is 2.09 bits per heavy atom. The van der Waals surface area contributed by atoms with Crippen LogP contribution in [0.2, 0.25) is 15.1 Å². The summed E-state index contributed by atoms with van der Waals surface area (Å²) in [7, 11) is -3.49. The third-order valence-electron chi connectivity index (χ3n) is 5.87. The third-order valence-corrected chi connectivity index (χ3v) is 8.82. The van der Waals surface area contributed by atoms with Crippen LogP contribution in [0, 0.1) is 6.92 Å². The number of piperazine rings is 1. The number of halogens is 3. The highest BCUT2D eigenvalue weighted by atomic mass is 35.5. The summed E-state index contributed by atoms with van der Waals surface area (Å²) < 4.78 is 27.3. The number of amides is 1. The van der Waals surface area contributed by atoms with Crippen LogP contribution in [0.15, 0.2) is 65.6 Å². The van der Waals surface area contributed by atoms with Gasteiger partial charge in [0, 0.05) is 38.3 Å². The molecule has 1 aliphatic rings. The molecule has 35 heavy (non-hydrogen) atoms. The average Bonchev–Trinajstić information content (AvgIpc) is 2.83. The van der Waals surface area contributed by atoms with Gasteiger partial charge in [-0.15, -0.1) is 0 Å². The van der Waals surface area contributed by atoms with Crippen molar-refractivity contribution < 1.29 is 13.2 Å². The van der Waals surface area contributed by atoms with Crippen molar-refractivity contribution in [3.8, 4) is 0 Å². The number of rotatable bonds is 6. The van der Waals surface area contributed by atoms with Crippen molar-refractivity contribution in [3.63, 3.8) is 0 Å². The smallest absolute Gasteiger partial charge is 0.255 e. The van der Waals surface area contributed by atoms with Gasteiger partial charge in [-0.3, -0.25) is 9.69 Å². The Bertz CT molecular complexity index is 1320. The number of sulfonamides is 1. The Balaban J connectivity index is 1.33. The summed E-state index contributed by atoms with van der Waals surface area (Å²) in [4.78, 5) is 15.1. The number of carbonyl (C=O) groups is 1. The molecule has 0 aliphatic carbocycles. The fraction of sp³-hybridized carbons (Fsp3) is 0.240. The summed E-state index contributed by atoms with van der Waals surface area (Å²) in [6.45, 7) is 4.72. The van der Waals surface area contributed by atoms with Gasteiger partial charge >= 0.3 is 0 Å². The first-order valence-electron chi connectivity index (χ1n) is 11.0. The van der Waals surface area contributed by atoms with E-state index in [4.69, 9.17) is 34.8 Å². The van der Waals surface area contributed by atoms with Crippen LogP contribution < -0.4 is 5.32 Å². The lowest BCUT2D eigenvalue weighted by Crippen LogP contribution is -2.48.